The largest absolute Gasteiger partial charge is 0.291 e. The van der Waals surface area contributed by atoms with E-state index in [1.54, 1.807) is 48.5 Å². The van der Waals surface area contributed by atoms with Gasteiger partial charge in [0.1, 0.15) is 11.5 Å². The average Bonchev–Trinajstić information content (AvgIpc) is 3.53. The Labute approximate surface area is 219 Å². The molecule has 10 heteroatoms. The van der Waals surface area contributed by atoms with Crippen molar-refractivity contribution in [3.63, 3.8) is 0 Å². The lowest BCUT2D eigenvalue weighted by atomic mass is 9.61. The molecule has 1 aromatic carbocycles. The van der Waals surface area contributed by atoms with Crippen LogP contribution in [0.2, 0.25) is 0 Å². The third-order valence-electron chi connectivity index (χ3n) is 7.69. The van der Waals surface area contributed by atoms with Gasteiger partial charge in [-0.3, -0.25) is 14.5 Å². The summed E-state index contributed by atoms with van der Waals surface area (Å²) < 4.78 is 44.0. The van der Waals surface area contributed by atoms with Gasteiger partial charge in [0.2, 0.25) is 0 Å². The van der Waals surface area contributed by atoms with Crippen molar-refractivity contribution < 1.29 is 17.6 Å². The number of benzene rings is 1. The van der Waals surface area contributed by atoms with E-state index in [0.717, 1.165) is 22.4 Å². The van der Waals surface area contributed by atoms with Crippen LogP contribution >= 0.6 is 0 Å². The molecule has 2 aliphatic rings. The number of carbonyl (C=O) groups is 1. The number of fused-ring (bicyclic) bond motifs is 2. The fourth-order valence-electron chi connectivity index (χ4n) is 5.74. The smallest absolute Gasteiger partial charge is 0.200 e. The Bertz CT molecular complexity index is 1700. The lowest BCUT2D eigenvalue weighted by Crippen LogP contribution is -2.46. The number of allylic oxidation sites excluding steroid dienone is 1. The van der Waals surface area contributed by atoms with Crippen LogP contribution in [0.4, 0.5) is 4.39 Å². The summed E-state index contributed by atoms with van der Waals surface area (Å²) in [6.07, 6.45) is 8.13. The second-order valence-electron chi connectivity index (χ2n) is 10.2. The van der Waals surface area contributed by atoms with Gasteiger partial charge in [-0.25, -0.2) is 17.5 Å². The Morgan fingerprint density at radius 2 is 1.95 bits per heavy atom. The highest BCUT2D eigenvalue weighted by atomic mass is 32.2. The Balaban J connectivity index is 1.46. The molecule has 0 saturated heterocycles. The van der Waals surface area contributed by atoms with Crippen LogP contribution in [0.25, 0.3) is 11.8 Å². The molecule has 3 heterocycles. The molecule has 3 aromatic heterocycles. The molecule has 4 aromatic rings. The van der Waals surface area contributed by atoms with Crippen LogP contribution in [-0.2, 0) is 23.3 Å². The number of pyridine rings is 1. The molecule has 0 radical (unpaired) electrons. The van der Waals surface area contributed by atoms with Gasteiger partial charge in [-0.05, 0) is 92.3 Å². The number of carbonyl (C=O) groups excluding carboxylic acids is 1. The van der Waals surface area contributed by atoms with Gasteiger partial charge in [0.25, 0.3) is 0 Å². The van der Waals surface area contributed by atoms with E-state index in [9.17, 15) is 17.6 Å². The first-order valence-electron chi connectivity index (χ1n) is 12.4. The van der Waals surface area contributed by atoms with Crippen LogP contribution < -0.4 is 0 Å². The first kappa shape index (κ1) is 24.4. The Morgan fingerprint density at radius 1 is 1.16 bits per heavy atom. The number of aromatic nitrogens is 5. The third kappa shape index (κ3) is 3.91. The zero-order chi connectivity index (χ0) is 26.7. The van der Waals surface area contributed by atoms with Crippen molar-refractivity contribution in [1.82, 2.24) is 24.5 Å². The number of ketones is 1. The normalized spacial score (nSPS) is 20.9. The number of nitrogens with zero attached hydrogens (tertiary/aromatic N) is 5. The molecule has 1 saturated carbocycles. The Morgan fingerprint density at radius 3 is 2.66 bits per heavy atom. The number of hydrogen-bond acceptors (Lipinski definition) is 6. The van der Waals surface area contributed by atoms with Crippen molar-refractivity contribution in [3.05, 3.63) is 95.0 Å². The van der Waals surface area contributed by atoms with Crippen LogP contribution in [0.3, 0.4) is 0 Å². The van der Waals surface area contributed by atoms with E-state index < -0.39 is 20.5 Å². The second-order valence-corrected chi connectivity index (χ2v) is 12.3. The lowest BCUT2D eigenvalue weighted by molar-refractivity contribution is 0.0796. The van der Waals surface area contributed by atoms with E-state index in [1.807, 2.05) is 19.1 Å². The molecule has 2 aliphatic carbocycles. The first-order valence-corrected chi connectivity index (χ1v) is 14.0. The van der Waals surface area contributed by atoms with Gasteiger partial charge < -0.3 is 0 Å². The van der Waals surface area contributed by atoms with Gasteiger partial charge >= 0.3 is 0 Å². The predicted molar refractivity (Wildman–Crippen MR) is 139 cm³/mol. The van der Waals surface area contributed by atoms with Crippen molar-refractivity contribution in [1.29, 1.82) is 0 Å². The third-order valence-corrected chi connectivity index (χ3v) is 9.77. The van der Waals surface area contributed by atoms with Crippen molar-refractivity contribution in [3.8, 4) is 5.69 Å². The molecule has 0 bridgehead atoms. The molecule has 38 heavy (non-hydrogen) atoms. The van der Waals surface area contributed by atoms with Crippen LogP contribution in [0.5, 0.6) is 0 Å². The number of hydrogen-bond donors (Lipinski definition) is 0. The Kier molecular flexibility index (Phi) is 5.68. The molecular weight excluding hydrogens is 505 g/mol. The summed E-state index contributed by atoms with van der Waals surface area (Å²) in [7, 11) is -2.08. The van der Waals surface area contributed by atoms with Gasteiger partial charge in [0.15, 0.2) is 20.6 Å². The molecule has 0 N–H and O–H groups in total. The standard InChI is InChI=1S/C28H26FN5O3S/c1-18-9-11-30-24(13-18)27(35)28-15-19-17-31-34(22-6-4-21(29)5-7-22)25(19)14-20(28)3-8-23(16-28)38(36,37)26-10-12-33(2)32-26/h4-7,9-14,17,23H,3,8,15-16H2,1-2H3/t23-,28-/m0/s1. The number of sulfone groups is 1. The van der Waals surface area contributed by atoms with E-state index in [-0.39, 0.29) is 23.0 Å². The SMILES string of the molecule is Cc1ccnc(C(=O)[C@]23Cc4cnn(-c5ccc(F)cc5)c4C=C2CC[C@H](S(=O)(=O)c2ccn(C)n2)C3)c1. The van der Waals surface area contributed by atoms with E-state index in [1.165, 1.54) is 22.9 Å². The highest BCUT2D eigenvalue weighted by Crippen LogP contribution is 2.51. The zero-order valence-electron chi connectivity index (χ0n) is 21.0. The van der Waals surface area contributed by atoms with Gasteiger partial charge in [-0.1, -0.05) is 5.57 Å². The molecule has 194 valence electrons. The fraction of sp³-hybridized carbons (Fsp3) is 0.286. The van der Waals surface area contributed by atoms with Crippen molar-refractivity contribution in [2.45, 2.75) is 42.9 Å². The van der Waals surface area contributed by atoms with Gasteiger partial charge in [0.05, 0.1) is 28.2 Å². The van der Waals surface area contributed by atoms with Crippen molar-refractivity contribution >= 4 is 21.7 Å². The molecule has 1 fully saturated rings. The molecule has 2 atom stereocenters. The number of Topliss-reactive ketones (excluding diaryl/α,β-unsaturated/α-hetero) is 1. The lowest BCUT2D eigenvalue weighted by Gasteiger charge is -2.43. The minimum atomic E-state index is -3.76. The summed E-state index contributed by atoms with van der Waals surface area (Å²) in [4.78, 5) is 18.6. The summed E-state index contributed by atoms with van der Waals surface area (Å²) in [5.41, 5.74) is 3.37. The molecule has 6 rings (SSSR count). The van der Waals surface area contributed by atoms with E-state index in [4.69, 9.17) is 0 Å². The maximum atomic E-state index is 14.3. The highest BCUT2D eigenvalue weighted by molar-refractivity contribution is 7.92. The van der Waals surface area contributed by atoms with Crippen LogP contribution in [0, 0.1) is 18.2 Å². The molecule has 0 spiro atoms. The summed E-state index contributed by atoms with van der Waals surface area (Å²) in [6.45, 7) is 1.90. The summed E-state index contributed by atoms with van der Waals surface area (Å²) in [6, 6.07) is 11.1. The van der Waals surface area contributed by atoms with Crippen LogP contribution in [-0.4, -0.2) is 44.0 Å². The van der Waals surface area contributed by atoms with E-state index in [0.29, 0.717) is 30.6 Å². The molecular formula is C28H26FN5O3S. The van der Waals surface area contributed by atoms with E-state index in [2.05, 4.69) is 15.2 Å². The average molecular weight is 532 g/mol. The van der Waals surface area contributed by atoms with Gasteiger partial charge in [0, 0.05) is 19.4 Å². The van der Waals surface area contributed by atoms with Crippen LogP contribution in [0.1, 0.15) is 46.6 Å². The number of rotatable bonds is 5. The highest BCUT2D eigenvalue weighted by Gasteiger charge is 2.52. The summed E-state index contributed by atoms with van der Waals surface area (Å²) in [5.74, 6) is -0.524. The summed E-state index contributed by atoms with van der Waals surface area (Å²) in [5, 5.41) is 7.95. The maximum Gasteiger partial charge on any atom is 0.200 e. The maximum absolute atomic E-state index is 14.3. The first-order chi connectivity index (χ1) is 18.2. The quantitative estimate of drug-likeness (QED) is 0.357. The summed E-state index contributed by atoms with van der Waals surface area (Å²) >= 11 is 0. The molecule has 0 unspecified atom stereocenters. The fourth-order valence-corrected chi connectivity index (χ4v) is 7.51. The van der Waals surface area contributed by atoms with E-state index >= 15 is 0 Å². The topological polar surface area (TPSA) is 99.7 Å². The minimum Gasteiger partial charge on any atom is -0.291 e. The molecule has 0 aliphatic heterocycles. The molecule has 8 nitrogen and oxygen atoms in total. The van der Waals surface area contributed by atoms with Crippen molar-refractivity contribution in [2.24, 2.45) is 12.5 Å². The van der Waals surface area contributed by atoms with Gasteiger partial charge in [-0.2, -0.15) is 10.2 Å². The predicted octanol–water partition coefficient (Wildman–Crippen LogP) is 4.28. The molecule has 0 amide bonds. The van der Waals surface area contributed by atoms with Crippen molar-refractivity contribution in [2.75, 3.05) is 0 Å². The van der Waals surface area contributed by atoms with Gasteiger partial charge in [-0.15, -0.1) is 0 Å². The zero-order valence-corrected chi connectivity index (χ0v) is 21.8. The monoisotopic (exact) mass is 531 g/mol. The number of halogens is 1. The number of aryl methyl sites for hydroxylation is 2. The second kappa shape index (κ2) is 8.83. The minimum absolute atomic E-state index is 0.0225. The Hall–Kier alpha value is -3.92. The van der Waals surface area contributed by atoms with Crippen LogP contribution in [0.15, 0.2) is 71.7 Å².